The highest BCUT2D eigenvalue weighted by atomic mass is 19.1. The van der Waals surface area contributed by atoms with Crippen molar-refractivity contribution in [2.75, 3.05) is 4.90 Å². The number of Topliss-reactive ketones (excluding diaryl/α,β-unsaturated/α-hetero) is 1. The molecule has 0 aromatic heterocycles. The number of aliphatic hydroxyl groups excluding tert-OH is 1. The van der Waals surface area contributed by atoms with Gasteiger partial charge < -0.3 is 10.2 Å². The van der Waals surface area contributed by atoms with Gasteiger partial charge in [-0.15, -0.1) is 0 Å². The van der Waals surface area contributed by atoms with Crippen LogP contribution in [0.3, 0.4) is 0 Å². The number of hydrogen-bond acceptors (Lipinski definition) is 4. The molecule has 5 nitrogen and oxygen atoms in total. The van der Waals surface area contributed by atoms with E-state index < -0.39 is 29.4 Å². The summed E-state index contributed by atoms with van der Waals surface area (Å²) in [6.07, 6.45) is 0. The molecule has 1 aliphatic rings. The van der Waals surface area contributed by atoms with Gasteiger partial charge in [-0.1, -0.05) is 26.0 Å². The van der Waals surface area contributed by atoms with Crippen molar-refractivity contribution >= 4 is 17.4 Å². The summed E-state index contributed by atoms with van der Waals surface area (Å²) in [5.41, 5.74) is 0.776. The highest BCUT2D eigenvalue weighted by Gasteiger charge is 2.44. The quantitative estimate of drug-likeness (QED) is 0.877. The Hall–Kier alpha value is -3.15. The molecule has 0 saturated heterocycles. The minimum atomic E-state index is -0.907. The summed E-state index contributed by atoms with van der Waals surface area (Å²) >= 11 is 0. The molecule has 1 unspecified atom stereocenters. The zero-order valence-electron chi connectivity index (χ0n) is 14.3. The molecule has 26 heavy (non-hydrogen) atoms. The summed E-state index contributed by atoms with van der Waals surface area (Å²) in [5, 5.41) is 20.2. The normalized spacial score (nSPS) is 17.3. The molecule has 2 aromatic rings. The van der Waals surface area contributed by atoms with Crippen LogP contribution in [-0.2, 0) is 9.59 Å². The third kappa shape index (κ3) is 2.94. The lowest BCUT2D eigenvalue weighted by atomic mass is 9.91. The first-order valence-electron chi connectivity index (χ1n) is 8.16. The van der Waals surface area contributed by atoms with Gasteiger partial charge >= 0.3 is 0 Å². The summed E-state index contributed by atoms with van der Waals surface area (Å²) < 4.78 is 13.3. The van der Waals surface area contributed by atoms with E-state index >= 15 is 0 Å². The third-order valence-corrected chi connectivity index (χ3v) is 4.29. The molecule has 1 aliphatic heterocycles. The Bertz CT molecular complexity index is 902. The van der Waals surface area contributed by atoms with Gasteiger partial charge in [0.2, 0.25) is 0 Å². The Balaban J connectivity index is 2.19. The summed E-state index contributed by atoms with van der Waals surface area (Å²) in [6, 6.07) is 10.4. The van der Waals surface area contributed by atoms with E-state index in [4.69, 9.17) is 0 Å². The van der Waals surface area contributed by atoms with E-state index in [1.54, 1.807) is 26.0 Å². The standard InChI is InChI=1S/C20H18FNO4/c1-11(2)18(24)16-17(12-4-3-5-15(23)10-12)22(20(26)19(16)25)14-8-6-13(21)7-9-14/h3-11,17,23,25H,1-2H3. The highest BCUT2D eigenvalue weighted by Crippen LogP contribution is 2.42. The largest absolute Gasteiger partial charge is 0.508 e. The van der Waals surface area contributed by atoms with Gasteiger partial charge in [-0.25, -0.2) is 4.39 Å². The fourth-order valence-corrected chi connectivity index (χ4v) is 3.05. The molecule has 0 bridgehead atoms. The minimum Gasteiger partial charge on any atom is -0.508 e. The number of phenolic OH excluding ortho intramolecular Hbond substituents is 1. The molecule has 0 radical (unpaired) electrons. The van der Waals surface area contributed by atoms with E-state index in [0.717, 1.165) is 0 Å². The van der Waals surface area contributed by atoms with Gasteiger partial charge in [0, 0.05) is 11.6 Å². The number of carbonyl (C=O) groups is 2. The van der Waals surface area contributed by atoms with Crippen molar-refractivity contribution in [2.24, 2.45) is 5.92 Å². The van der Waals surface area contributed by atoms with Crippen LogP contribution in [0, 0.1) is 11.7 Å². The maximum absolute atomic E-state index is 13.3. The smallest absolute Gasteiger partial charge is 0.294 e. The summed E-state index contributed by atoms with van der Waals surface area (Å²) in [6.45, 7) is 3.35. The van der Waals surface area contributed by atoms with Crippen LogP contribution in [0.15, 0.2) is 59.9 Å². The zero-order chi connectivity index (χ0) is 19.0. The van der Waals surface area contributed by atoms with Gasteiger partial charge in [-0.3, -0.25) is 14.5 Å². The first-order valence-corrected chi connectivity index (χ1v) is 8.16. The van der Waals surface area contributed by atoms with E-state index in [1.165, 1.54) is 41.3 Å². The third-order valence-electron chi connectivity index (χ3n) is 4.29. The number of amides is 1. The lowest BCUT2D eigenvalue weighted by Gasteiger charge is -2.27. The van der Waals surface area contributed by atoms with Gasteiger partial charge in [0.15, 0.2) is 11.5 Å². The molecule has 0 fully saturated rings. The SMILES string of the molecule is CC(C)C(=O)C1=C(O)C(=O)N(c2ccc(F)cc2)C1c1cccc(O)c1. The first-order chi connectivity index (χ1) is 12.3. The van der Waals surface area contributed by atoms with Crippen LogP contribution in [-0.4, -0.2) is 21.9 Å². The van der Waals surface area contributed by atoms with E-state index in [9.17, 15) is 24.2 Å². The minimum absolute atomic E-state index is 0.0278. The van der Waals surface area contributed by atoms with Crippen molar-refractivity contribution in [1.29, 1.82) is 0 Å². The molecule has 1 heterocycles. The average Bonchev–Trinajstić information content (AvgIpc) is 2.86. The van der Waals surface area contributed by atoms with E-state index in [-0.39, 0.29) is 17.1 Å². The molecule has 2 N–H and O–H groups in total. The molecule has 0 saturated carbocycles. The molecule has 2 aromatic carbocycles. The van der Waals surface area contributed by atoms with Gasteiger partial charge in [-0.2, -0.15) is 0 Å². The fourth-order valence-electron chi connectivity index (χ4n) is 3.05. The highest BCUT2D eigenvalue weighted by molar-refractivity contribution is 6.16. The maximum atomic E-state index is 13.3. The van der Waals surface area contributed by atoms with E-state index in [2.05, 4.69) is 0 Å². The monoisotopic (exact) mass is 355 g/mol. The van der Waals surface area contributed by atoms with Crippen molar-refractivity contribution in [1.82, 2.24) is 0 Å². The second-order valence-electron chi connectivity index (χ2n) is 6.43. The second kappa shape index (κ2) is 6.63. The Morgan fingerprint density at radius 2 is 1.77 bits per heavy atom. The predicted molar refractivity (Wildman–Crippen MR) is 94.2 cm³/mol. The number of rotatable bonds is 4. The number of anilines is 1. The van der Waals surface area contributed by atoms with Gasteiger partial charge in [0.1, 0.15) is 11.6 Å². The number of benzene rings is 2. The van der Waals surface area contributed by atoms with Crippen molar-refractivity contribution in [3.63, 3.8) is 0 Å². The molecular weight excluding hydrogens is 337 g/mol. The van der Waals surface area contributed by atoms with Crippen LogP contribution in [0.1, 0.15) is 25.5 Å². The lowest BCUT2D eigenvalue weighted by molar-refractivity contribution is -0.119. The Morgan fingerprint density at radius 1 is 1.12 bits per heavy atom. The molecule has 1 atom stereocenters. The number of phenols is 1. The Labute approximate surface area is 150 Å². The Kier molecular flexibility index (Phi) is 4.50. The van der Waals surface area contributed by atoms with Gasteiger partial charge in [0.25, 0.3) is 5.91 Å². The van der Waals surface area contributed by atoms with Crippen LogP contribution in [0.2, 0.25) is 0 Å². The topological polar surface area (TPSA) is 77.8 Å². The number of ketones is 1. The van der Waals surface area contributed by atoms with Gasteiger partial charge in [0.05, 0.1) is 11.6 Å². The number of hydrogen-bond donors (Lipinski definition) is 2. The van der Waals surface area contributed by atoms with Gasteiger partial charge in [-0.05, 0) is 42.0 Å². The predicted octanol–water partition coefficient (Wildman–Crippen LogP) is 3.66. The van der Waals surface area contributed by atoms with Crippen LogP contribution >= 0.6 is 0 Å². The molecule has 0 spiro atoms. The van der Waals surface area contributed by atoms with Crippen molar-refractivity contribution < 1.29 is 24.2 Å². The number of aromatic hydroxyl groups is 1. The molecule has 6 heteroatoms. The molecule has 3 rings (SSSR count). The molecule has 0 aliphatic carbocycles. The van der Waals surface area contributed by atoms with Crippen LogP contribution in [0.25, 0.3) is 0 Å². The molecule has 1 amide bonds. The summed E-state index contributed by atoms with van der Waals surface area (Å²) in [5.74, 6) is -2.67. The van der Waals surface area contributed by atoms with Crippen LogP contribution in [0.5, 0.6) is 5.75 Å². The van der Waals surface area contributed by atoms with Crippen LogP contribution < -0.4 is 4.90 Å². The van der Waals surface area contributed by atoms with E-state index in [0.29, 0.717) is 11.3 Å². The molecular formula is C20H18FNO4. The second-order valence-corrected chi connectivity index (χ2v) is 6.43. The first kappa shape index (κ1) is 17.7. The van der Waals surface area contributed by atoms with E-state index in [1.807, 2.05) is 0 Å². The summed E-state index contributed by atoms with van der Waals surface area (Å²) in [4.78, 5) is 26.6. The van der Waals surface area contributed by atoms with Crippen molar-refractivity contribution in [3.05, 3.63) is 71.2 Å². The van der Waals surface area contributed by atoms with Crippen molar-refractivity contribution in [3.8, 4) is 5.75 Å². The maximum Gasteiger partial charge on any atom is 0.294 e. The van der Waals surface area contributed by atoms with Crippen molar-refractivity contribution in [2.45, 2.75) is 19.9 Å². The number of nitrogens with zero attached hydrogens (tertiary/aromatic N) is 1. The van der Waals surface area contributed by atoms with Crippen LogP contribution in [0.4, 0.5) is 10.1 Å². The average molecular weight is 355 g/mol. The zero-order valence-corrected chi connectivity index (χ0v) is 14.3. The number of carbonyl (C=O) groups excluding carboxylic acids is 2. The Morgan fingerprint density at radius 3 is 2.35 bits per heavy atom. The lowest BCUT2D eigenvalue weighted by Crippen LogP contribution is -2.31. The number of aliphatic hydroxyl groups is 1. The number of halogens is 1. The fraction of sp³-hybridized carbons (Fsp3) is 0.200. The summed E-state index contributed by atoms with van der Waals surface area (Å²) in [7, 11) is 0. The molecule has 134 valence electrons.